The number of piperazine rings is 1. The minimum absolute atomic E-state index is 0.0331. The molecule has 1 N–H and O–H groups in total. The Morgan fingerprint density at radius 3 is 2.50 bits per heavy atom. The highest BCUT2D eigenvalue weighted by Crippen LogP contribution is 2.34. The van der Waals surface area contributed by atoms with Crippen LogP contribution in [-0.2, 0) is 26.0 Å². The van der Waals surface area contributed by atoms with E-state index in [9.17, 15) is 23.5 Å². The lowest BCUT2D eigenvalue weighted by atomic mass is 9.82. The Hall–Kier alpha value is -3.38. The molecule has 2 aliphatic heterocycles. The summed E-state index contributed by atoms with van der Waals surface area (Å²) in [5.74, 6) is -1.81. The van der Waals surface area contributed by atoms with Crippen molar-refractivity contribution in [2.24, 2.45) is 11.0 Å². The predicted octanol–water partition coefficient (Wildman–Crippen LogP) is 6.88. The molecule has 14 heteroatoms. The number of benzene rings is 2. The third kappa shape index (κ3) is 8.50. The standard InChI is InChI=1S/C32H42ClFN6O5S/c1-20(2)28(21-11-13-22(33)14-12-21)29(37-38-35)30(41)36-27-10-6-9-26(34)25(27)16-15-24-18-39(31(42)45-32(3,4)5)23-8-7-17-46(43,44)40(24)19-23/h6,9-14,20,23-24,28-29H,7-8,15-19H2,1-5H3,(H,36,41)/t23-,24+,28-,29+/m1/s1. The molecule has 2 aromatic rings. The fraction of sp³-hybridized carbons (Fsp3) is 0.562. The number of fused-ring (bicyclic) bond motifs is 2. The van der Waals surface area contributed by atoms with Gasteiger partial charge < -0.3 is 15.0 Å². The molecule has 2 aromatic carbocycles. The van der Waals surface area contributed by atoms with Crippen LogP contribution in [-0.4, -0.2) is 72.2 Å². The van der Waals surface area contributed by atoms with Crippen LogP contribution in [0.3, 0.4) is 0 Å². The molecule has 2 heterocycles. The van der Waals surface area contributed by atoms with Crippen LogP contribution in [0.5, 0.6) is 0 Å². The van der Waals surface area contributed by atoms with Crippen molar-refractivity contribution in [1.29, 1.82) is 0 Å². The quantitative estimate of drug-likeness (QED) is 0.175. The van der Waals surface area contributed by atoms with Gasteiger partial charge in [-0.05, 0) is 87.7 Å². The number of anilines is 1. The molecule has 46 heavy (non-hydrogen) atoms. The van der Waals surface area contributed by atoms with E-state index in [0.717, 1.165) is 5.56 Å². The van der Waals surface area contributed by atoms with Crippen LogP contribution in [0.4, 0.5) is 14.9 Å². The summed E-state index contributed by atoms with van der Waals surface area (Å²) in [6, 6.07) is 9.15. The van der Waals surface area contributed by atoms with Crippen molar-refractivity contribution in [2.75, 3.05) is 24.2 Å². The highest BCUT2D eigenvalue weighted by Gasteiger charge is 2.44. The average Bonchev–Trinajstić information content (AvgIpc) is 3.08. The van der Waals surface area contributed by atoms with E-state index >= 15 is 4.39 Å². The lowest BCUT2D eigenvalue weighted by Crippen LogP contribution is -2.60. The Morgan fingerprint density at radius 2 is 1.87 bits per heavy atom. The summed E-state index contributed by atoms with van der Waals surface area (Å²) >= 11 is 6.07. The molecule has 250 valence electrons. The number of hydrogen-bond acceptors (Lipinski definition) is 6. The second-order valence-electron chi connectivity index (χ2n) is 13.2. The van der Waals surface area contributed by atoms with E-state index in [1.807, 2.05) is 13.8 Å². The molecule has 11 nitrogen and oxygen atoms in total. The maximum Gasteiger partial charge on any atom is 0.410 e. The maximum absolute atomic E-state index is 15.4. The van der Waals surface area contributed by atoms with Gasteiger partial charge in [0.15, 0.2) is 0 Å². The molecule has 0 spiro atoms. The summed E-state index contributed by atoms with van der Waals surface area (Å²) in [6.45, 7) is 9.38. The Balaban J connectivity index is 1.59. The normalized spacial score (nSPS) is 22.3. The highest BCUT2D eigenvalue weighted by atomic mass is 35.5. The van der Waals surface area contributed by atoms with Crippen LogP contribution in [0.1, 0.15) is 70.9 Å². The summed E-state index contributed by atoms with van der Waals surface area (Å²) in [4.78, 5) is 31.4. The van der Waals surface area contributed by atoms with Crippen molar-refractivity contribution in [3.05, 3.63) is 74.9 Å². The van der Waals surface area contributed by atoms with Crippen LogP contribution in [0.2, 0.25) is 5.02 Å². The number of carbonyl (C=O) groups excluding carboxylic acids is 2. The number of nitrogens with zero attached hydrogens (tertiary/aromatic N) is 5. The zero-order valence-corrected chi connectivity index (χ0v) is 28.4. The number of rotatable bonds is 9. The summed E-state index contributed by atoms with van der Waals surface area (Å²) in [6.07, 6.45) is 0.700. The second kappa shape index (κ2) is 14.6. The van der Waals surface area contributed by atoms with Crippen LogP contribution >= 0.6 is 11.6 Å². The third-order valence-corrected chi connectivity index (χ3v) is 10.7. The molecule has 2 saturated heterocycles. The number of sulfonamides is 1. The van der Waals surface area contributed by atoms with Gasteiger partial charge in [0.2, 0.25) is 15.9 Å². The van der Waals surface area contributed by atoms with E-state index in [1.54, 1.807) is 56.0 Å². The highest BCUT2D eigenvalue weighted by molar-refractivity contribution is 7.89. The first-order valence-electron chi connectivity index (χ1n) is 15.5. The van der Waals surface area contributed by atoms with Gasteiger partial charge in [-0.1, -0.05) is 48.8 Å². The number of carbonyl (C=O) groups is 2. The van der Waals surface area contributed by atoms with E-state index in [1.165, 1.54) is 16.4 Å². The molecule has 2 aliphatic rings. The molecule has 5 atom stereocenters. The van der Waals surface area contributed by atoms with Gasteiger partial charge in [-0.25, -0.2) is 17.6 Å². The first-order chi connectivity index (χ1) is 21.6. The summed E-state index contributed by atoms with van der Waals surface area (Å²) < 4.78 is 48.9. The van der Waals surface area contributed by atoms with Gasteiger partial charge in [-0.15, -0.1) is 0 Å². The predicted molar refractivity (Wildman–Crippen MR) is 176 cm³/mol. The number of hydrogen-bond donors (Lipinski definition) is 1. The van der Waals surface area contributed by atoms with Crippen molar-refractivity contribution in [1.82, 2.24) is 9.21 Å². The van der Waals surface area contributed by atoms with E-state index in [0.29, 0.717) is 17.9 Å². The van der Waals surface area contributed by atoms with Gasteiger partial charge in [-0.3, -0.25) is 4.79 Å². The first-order valence-corrected chi connectivity index (χ1v) is 17.5. The Bertz CT molecular complexity index is 1580. The average molecular weight is 677 g/mol. The number of amides is 2. The third-order valence-electron chi connectivity index (χ3n) is 8.43. The summed E-state index contributed by atoms with van der Waals surface area (Å²) in [7, 11) is -3.60. The second-order valence-corrected chi connectivity index (χ2v) is 15.7. The molecule has 1 unspecified atom stereocenters. The largest absolute Gasteiger partial charge is 0.444 e. The van der Waals surface area contributed by atoms with E-state index in [4.69, 9.17) is 16.3 Å². The topological polar surface area (TPSA) is 145 Å². The van der Waals surface area contributed by atoms with E-state index in [-0.39, 0.29) is 54.9 Å². The van der Waals surface area contributed by atoms with Crippen LogP contribution < -0.4 is 5.32 Å². The number of nitrogens with one attached hydrogen (secondary N) is 1. The van der Waals surface area contributed by atoms with Crippen molar-refractivity contribution in [2.45, 2.75) is 89.9 Å². The zero-order valence-electron chi connectivity index (χ0n) is 26.8. The minimum atomic E-state index is -3.60. The first kappa shape index (κ1) is 35.5. The van der Waals surface area contributed by atoms with E-state index < -0.39 is 51.4 Å². The molecule has 2 fully saturated rings. The van der Waals surface area contributed by atoms with E-state index in [2.05, 4.69) is 15.3 Å². The molecule has 4 rings (SSSR count). The van der Waals surface area contributed by atoms with Crippen LogP contribution in [0, 0.1) is 11.7 Å². The van der Waals surface area contributed by atoms with Crippen molar-refractivity contribution in [3.8, 4) is 0 Å². The molecule has 0 saturated carbocycles. The zero-order chi connectivity index (χ0) is 33.8. The molecule has 2 amide bonds. The molecule has 2 bridgehead atoms. The fourth-order valence-corrected chi connectivity index (χ4v) is 8.23. The lowest BCUT2D eigenvalue weighted by Gasteiger charge is -2.44. The van der Waals surface area contributed by atoms with Gasteiger partial charge in [0.1, 0.15) is 17.5 Å². The Labute approximate surface area is 275 Å². The number of azide groups is 1. The smallest absolute Gasteiger partial charge is 0.410 e. The maximum atomic E-state index is 15.4. The van der Waals surface area contributed by atoms with Crippen LogP contribution in [0.25, 0.3) is 10.4 Å². The van der Waals surface area contributed by atoms with Gasteiger partial charge in [-0.2, -0.15) is 4.31 Å². The summed E-state index contributed by atoms with van der Waals surface area (Å²) in [5, 5.41) is 7.14. The molecular formula is C32H42ClFN6O5S. The van der Waals surface area contributed by atoms with Crippen LogP contribution in [0.15, 0.2) is 47.6 Å². The Kier molecular flexibility index (Phi) is 11.2. The Morgan fingerprint density at radius 1 is 1.17 bits per heavy atom. The number of ether oxygens (including phenoxy) is 1. The van der Waals surface area contributed by atoms with Gasteiger partial charge in [0.25, 0.3) is 0 Å². The van der Waals surface area contributed by atoms with Gasteiger partial charge in [0, 0.05) is 52.3 Å². The van der Waals surface area contributed by atoms with Crippen molar-refractivity contribution >= 4 is 39.3 Å². The van der Waals surface area contributed by atoms with Crippen molar-refractivity contribution in [3.63, 3.8) is 0 Å². The monoisotopic (exact) mass is 676 g/mol. The SMILES string of the molecule is CC(C)[C@H](c1ccc(Cl)cc1)[C@H](N=[N+]=[N-])C(=O)Nc1cccc(F)c1CC[C@H]1CN(C(=O)OC(C)(C)C)[C@@H]2CCCS(=O)(=O)N1C2. The molecule has 0 aromatic heterocycles. The molecule has 0 radical (unpaired) electrons. The molecular weight excluding hydrogens is 635 g/mol. The number of halogens is 2. The minimum Gasteiger partial charge on any atom is -0.444 e. The van der Waals surface area contributed by atoms with Crippen molar-refractivity contribution < 1.29 is 27.1 Å². The fourth-order valence-electron chi connectivity index (χ4n) is 6.32. The molecule has 0 aliphatic carbocycles. The summed E-state index contributed by atoms with van der Waals surface area (Å²) in [5.41, 5.74) is 9.77. The lowest BCUT2D eigenvalue weighted by molar-refractivity contribution is -0.118. The van der Waals surface area contributed by atoms with Gasteiger partial charge in [0.05, 0.1) is 5.75 Å². The van der Waals surface area contributed by atoms with Gasteiger partial charge >= 0.3 is 6.09 Å².